The van der Waals surface area contributed by atoms with Gasteiger partial charge in [0.15, 0.2) is 0 Å². The number of benzene rings is 1. The van der Waals surface area contributed by atoms with E-state index < -0.39 is 0 Å². The molecule has 0 spiro atoms. The van der Waals surface area contributed by atoms with Gasteiger partial charge in [0.1, 0.15) is 0 Å². The summed E-state index contributed by atoms with van der Waals surface area (Å²) in [4.78, 5) is 35.6. The van der Waals surface area contributed by atoms with Crippen molar-refractivity contribution in [2.24, 2.45) is 5.92 Å². The molecule has 0 aliphatic carbocycles. The summed E-state index contributed by atoms with van der Waals surface area (Å²) in [6, 6.07) is 17.8. The van der Waals surface area contributed by atoms with Crippen LogP contribution in [0.2, 0.25) is 0 Å². The molecule has 1 unspecified atom stereocenters. The van der Waals surface area contributed by atoms with Gasteiger partial charge in [-0.25, -0.2) is 0 Å². The van der Waals surface area contributed by atoms with E-state index in [-0.39, 0.29) is 23.8 Å². The standard InChI is InChI=1S/C26H29N3O2S/c1-19-8-6-14-27-24(19)25(20-9-4-3-5-10-20)28(2)26(31)21-12-15-29(16-13-21)23(30)18-22-11-7-17-32-22/h3-11,14,17,21,25H,12-13,15-16,18H2,1-2H3. The van der Waals surface area contributed by atoms with E-state index in [9.17, 15) is 9.59 Å². The number of piperidine rings is 1. The van der Waals surface area contributed by atoms with Crippen LogP contribution in [0.15, 0.2) is 66.2 Å². The highest BCUT2D eigenvalue weighted by atomic mass is 32.1. The number of pyridine rings is 1. The van der Waals surface area contributed by atoms with Gasteiger partial charge in [0.2, 0.25) is 11.8 Å². The Bertz CT molecular complexity index is 1040. The van der Waals surface area contributed by atoms with Crippen molar-refractivity contribution < 1.29 is 9.59 Å². The molecule has 3 heterocycles. The van der Waals surface area contributed by atoms with Gasteiger partial charge in [0.25, 0.3) is 0 Å². The van der Waals surface area contributed by atoms with E-state index in [1.165, 1.54) is 0 Å². The van der Waals surface area contributed by atoms with Crippen LogP contribution in [0.4, 0.5) is 0 Å². The van der Waals surface area contributed by atoms with Gasteiger partial charge < -0.3 is 9.80 Å². The van der Waals surface area contributed by atoms with Crippen molar-refractivity contribution in [3.8, 4) is 0 Å². The molecule has 4 rings (SSSR count). The average Bonchev–Trinajstić information content (AvgIpc) is 3.34. The van der Waals surface area contributed by atoms with E-state index in [2.05, 4.69) is 17.1 Å². The van der Waals surface area contributed by atoms with E-state index in [1.54, 1.807) is 17.5 Å². The highest BCUT2D eigenvalue weighted by molar-refractivity contribution is 7.10. The summed E-state index contributed by atoms with van der Waals surface area (Å²) in [7, 11) is 1.88. The van der Waals surface area contributed by atoms with Crippen LogP contribution in [0, 0.1) is 12.8 Å². The molecule has 6 heteroatoms. The Morgan fingerprint density at radius 1 is 1.09 bits per heavy atom. The topological polar surface area (TPSA) is 53.5 Å². The first-order valence-corrected chi connectivity index (χ1v) is 12.0. The van der Waals surface area contributed by atoms with Crippen LogP contribution in [0.1, 0.15) is 40.6 Å². The van der Waals surface area contributed by atoms with E-state index in [0.29, 0.717) is 32.4 Å². The molecule has 1 aliphatic rings. The Balaban J connectivity index is 1.46. The Hall–Kier alpha value is -2.99. The van der Waals surface area contributed by atoms with Gasteiger partial charge in [-0.2, -0.15) is 0 Å². The summed E-state index contributed by atoms with van der Waals surface area (Å²) < 4.78 is 0. The van der Waals surface area contributed by atoms with Gasteiger partial charge in [-0.05, 0) is 48.4 Å². The zero-order valence-electron chi connectivity index (χ0n) is 18.6. The van der Waals surface area contributed by atoms with Crippen LogP contribution in [0.5, 0.6) is 0 Å². The van der Waals surface area contributed by atoms with Crippen LogP contribution in [-0.2, 0) is 16.0 Å². The van der Waals surface area contributed by atoms with Crippen LogP contribution in [0.25, 0.3) is 0 Å². The fourth-order valence-corrected chi connectivity index (χ4v) is 5.15. The maximum atomic E-state index is 13.5. The van der Waals surface area contributed by atoms with E-state index >= 15 is 0 Å². The molecule has 2 amide bonds. The van der Waals surface area contributed by atoms with Crippen LogP contribution in [-0.4, -0.2) is 46.7 Å². The molecular weight excluding hydrogens is 418 g/mol. The van der Waals surface area contributed by atoms with E-state index in [1.807, 2.05) is 71.6 Å². The van der Waals surface area contributed by atoms with Crippen molar-refractivity contribution in [1.82, 2.24) is 14.8 Å². The number of rotatable bonds is 6. The molecular formula is C26H29N3O2S. The molecule has 166 valence electrons. The molecule has 1 aliphatic heterocycles. The first-order chi connectivity index (χ1) is 15.5. The Kier molecular flexibility index (Phi) is 7.00. The maximum absolute atomic E-state index is 13.5. The Morgan fingerprint density at radius 3 is 2.50 bits per heavy atom. The van der Waals surface area contributed by atoms with Gasteiger partial charge in [-0.1, -0.05) is 42.5 Å². The number of nitrogens with zero attached hydrogens (tertiary/aromatic N) is 3. The normalized spacial score (nSPS) is 15.4. The molecule has 0 saturated carbocycles. The first-order valence-electron chi connectivity index (χ1n) is 11.1. The molecule has 1 saturated heterocycles. The third kappa shape index (κ3) is 4.91. The van der Waals surface area contributed by atoms with Crippen molar-refractivity contribution in [2.45, 2.75) is 32.2 Å². The maximum Gasteiger partial charge on any atom is 0.227 e. The van der Waals surface area contributed by atoms with Crippen molar-refractivity contribution in [2.75, 3.05) is 20.1 Å². The largest absolute Gasteiger partial charge is 0.342 e. The molecule has 1 atom stereocenters. The van der Waals surface area contributed by atoms with Crippen LogP contribution in [0.3, 0.4) is 0 Å². The van der Waals surface area contributed by atoms with E-state index in [0.717, 1.165) is 21.7 Å². The predicted molar refractivity (Wildman–Crippen MR) is 127 cm³/mol. The highest BCUT2D eigenvalue weighted by Gasteiger charge is 2.33. The fourth-order valence-electron chi connectivity index (χ4n) is 4.45. The number of aromatic nitrogens is 1. The smallest absolute Gasteiger partial charge is 0.227 e. The average molecular weight is 448 g/mol. The lowest BCUT2D eigenvalue weighted by atomic mass is 9.92. The molecule has 0 N–H and O–H groups in total. The number of hydrogen-bond acceptors (Lipinski definition) is 4. The molecule has 5 nitrogen and oxygen atoms in total. The zero-order chi connectivity index (χ0) is 22.5. The molecule has 32 heavy (non-hydrogen) atoms. The summed E-state index contributed by atoms with van der Waals surface area (Å²) in [5, 5.41) is 2.00. The summed E-state index contributed by atoms with van der Waals surface area (Å²) in [6.07, 6.45) is 3.63. The second-order valence-electron chi connectivity index (χ2n) is 8.38. The van der Waals surface area contributed by atoms with Crippen LogP contribution >= 0.6 is 11.3 Å². The summed E-state index contributed by atoms with van der Waals surface area (Å²) >= 11 is 1.61. The fraction of sp³-hybridized carbons (Fsp3) is 0.346. The van der Waals surface area contributed by atoms with Gasteiger partial charge in [0, 0.05) is 37.1 Å². The number of thiophene rings is 1. The molecule has 2 aromatic heterocycles. The van der Waals surface area contributed by atoms with Crippen LogP contribution < -0.4 is 0 Å². The third-order valence-electron chi connectivity index (χ3n) is 6.26. The van der Waals surface area contributed by atoms with Crippen molar-refractivity contribution in [3.05, 3.63) is 87.9 Å². The summed E-state index contributed by atoms with van der Waals surface area (Å²) in [5.74, 6) is 0.188. The lowest BCUT2D eigenvalue weighted by Gasteiger charge is -2.36. The van der Waals surface area contributed by atoms with Crippen molar-refractivity contribution >= 4 is 23.2 Å². The minimum atomic E-state index is -0.233. The minimum Gasteiger partial charge on any atom is -0.342 e. The molecule has 0 bridgehead atoms. The van der Waals surface area contributed by atoms with Gasteiger partial charge >= 0.3 is 0 Å². The monoisotopic (exact) mass is 447 g/mol. The number of amides is 2. The number of likely N-dealkylation sites (tertiary alicyclic amines) is 1. The third-order valence-corrected chi connectivity index (χ3v) is 7.14. The summed E-state index contributed by atoms with van der Waals surface area (Å²) in [5.41, 5.74) is 3.02. The first kappa shape index (κ1) is 22.2. The van der Waals surface area contributed by atoms with Gasteiger partial charge in [0.05, 0.1) is 18.2 Å². The lowest BCUT2D eigenvalue weighted by molar-refractivity contribution is -0.140. The SMILES string of the molecule is Cc1cccnc1C(c1ccccc1)N(C)C(=O)C1CCN(C(=O)Cc2cccs2)CC1. The minimum absolute atomic E-state index is 0.0824. The number of hydrogen-bond donors (Lipinski definition) is 0. The molecule has 1 fully saturated rings. The summed E-state index contributed by atoms with van der Waals surface area (Å²) in [6.45, 7) is 3.30. The van der Waals surface area contributed by atoms with Crippen molar-refractivity contribution in [1.29, 1.82) is 0 Å². The van der Waals surface area contributed by atoms with Crippen molar-refractivity contribution in [3.63, 3.8) is 0 Å². The Morgan fingerprint density at radius 2 is 1.84 bits per heavy atom. The second kappa shape index (κ2) is 10.1. The molecule has 1 aromatic carbocycles. The lowest BCUT2D eigenvalue weighted by Crippen LogP contribution is -2.45. The second-order valence-corrected chi connectivity index (χ2v) is 9.41. The molecule has 3 aromatic rings. The number of carbonyl (C=O) groups excluding carboxylic acids is 2. The Labute approximate surface area is 193 Å². The quantitative estimate of drug-likeness (QED) is 0.560. The number of carbonyl (C=O) groups is 2. The highest BCUT2D eigenvalue weighted by Crippen LogP contribution is 2.31. The van der Waals surface area contributed by atoms with E-state index in [4.69, 9.17) is 0 Å². The molecule has 0 radical (unpaired) electrons. The van der Waals surface area contributed by atoms with Gasteiger partial charge in [-0.3, -0.25) is 14.6 Å². The predicted octanol–water partition coefficient (Wildman–Crippen LogP) is 4.48. The number of aryl methyl sites for hydroxylation is 1. The van der Waals surface area contributed by atoms with Gasteiger partial charge in [-0.15, -0.1) is 11.3 Å². The zero-order valence-corrected chi connectivity index (χ0v) is 19.4.